The molecule has 2 N–H and O–H groups in total. The van der Waals surface area contributed by atoms with E-state index in [1.807, 2.05) is 5.41 Å². The Morgan fingerprint density at radius 2 is 2.64 bits per heavy atom. The maximum Gasteiger partial charge on any atom is 0.321 e. The number of rotatable bonds is 3. The molecule has 11 heavy (non-hydrogen) atoms. The molecule has 0 saturated heterocycles. The molecule has 0 aromatic rings. The van der Waals surface area contributed by atoms with Gasteiger partial charge < -0.3 is 5.11 Å². The third-order valence-corrected chi connectivity index (χ3v) is 4.94. The fourth-order valence-electron chi connectivity index (χ4n) is 0.653. The Kier molecular flexibility index (Phi) is 3.29. The van der Waals surface area contributed by atoms with Gasteiger partial charge in [0.1, 0.15) is 6.04 Å². The van der Waals surface area contributed by atoms with Gasteiger partial charge in [0.25, 0.3) is 0 Å². The summed E-state index contributed by atoms with van der Waals surface area (Å²) >= 11 is 0. The molecule has 64 valence electrons. The SMILES string of the molecule is C[C@H](N[SH]1CC=CS1)C(=O)O. The van der Waals surface area contributed by atoms with E-state index < -0.39 is 12.0 Å². The minimum Gasteiger partial charge on any atom is -0.480 e. The highest BCUT2D eigenvalue weighted by molar-refractivity contribution is 8.86. The molecule has 0 aliphatic carbocycles. The lowest BCUT2D eigenvalue weighted by Crippen LogP contribution is -2.30. The third-order valence-electron chi connectivity index (χ3n) is 1.26. The molecule has 0 bridgehead atoms. The quantitative estimate of drug-likeness (QED) is 0.465. The monoisotopic (exact) mass is 193 g/mol. The number of carboxylic acids is 1. The van der Waals surface area contributed by atoms with Crippen molar-refractivity contribution in [2.24, 2.45) is 0 Å². The minimum atomic E-state index is -0.778. The summed E-state index contributed by atoms with van der Waals surface area (Å²) in [6.45, 7) is 1.67. The van der Waals surface area contributed by atoms with E-state index in [0.717, 1.165) is 5.75 Å². The van der Waals surface area contributed by atoms with Gasteiger partial charge in [0.15, 0.2) is 0 Å². The molecule has 2 atom stereocenters. The maximum atomic E-state index is 10.4. The van der Waals surface area contributed by atoms with Gasteiger partial charge in [0.05, 0.1) is 0 Å². The second-order valence-electron chi connectivity index (χ2n) is 2.23. The van der Waals surface area contributed by atoms with Gasteiger partial charge in [-0.15, -0.1) is 10.1 Å². The number of nitrogens with one attached hydrogen (secondary N) is 1. The fraction of sp³-hybridized carbons (Fsp3) is 0.500. The van der Waals surface area contributed by atoms with Crippen molar-refractivity contribution in [2.45, 2.75) is 13.0 Å². The zero-order valence-corrected chi connectivity index (χ0v) is 7.86. The Balaban J connectivity index is 2.25. The van der Waals surface area contributed by atoms with E-state index in [-0.39, 0.29) is 10.1 Å². The van der Waals surface area contributed by atoms with E-state index in [0.29, 0.717) is 0 Å². The Hall–Kier alpha value is -0.130. The molecule has 0 saturated carbocycles. The van der Waals surface area contributed by atoms with E-state index in [2.05, 4.69) is 10.8 Å². The Morgan fingerprint density at radius 3 is 3.09 bits per heavy atom. The molecule has 1 aliphatic rings. The fourth-order valence-corrected chi connectivity index (χ4v) is 4.09. The van der Waals surface area contributed by atoms with Crippen LogP contribution in [-0.4, -0.2) is 22.9 Å². The Morgan fingerprint density at radius 1 is 1.91 bits per heavy atom. The average Bonchev–Trinajstić information content (AvgIpc) is 2.39. The topological polar surface area (TPSA) is 49.3 Å². The van der Waals surface area contributed by atoms with Crippen LogP contribution in [0, 0.1) is 0 Å². The molecule has 0 aromatic heterocycles. The lowest BCUT2D eigenvalue weighted by Gasteiger charge is -2.18. The van der Waals surface area contributed by atoms with E-state index in [1.165, 1.54) is 0 Å². The maximum absolute atomic E-state index is 10.4. The van der Waals surface area contributed by atoms with Gasteiger partial charge in [-0.3, -0.25) is 9.52 Å². The Bertz CT molecular complexity index is 175. The first-order valence-electron chi connectivity index (χ1n) is 3.28. The summed E-state index contributed by atoms with van der Waals surface area (Å²) in [5, 5.41) is 10.6. The predicted octanol–water partition coefficient (Wildman–Crippen LogP) is 1.14. The number of aliphatic carboxylic acids is 1. The number of thiol groups is 1. The second kappa shape index (κ2) is 4.04. The summed E-state index contributed by atoms with van der Waals surface area (Å²) in [6, 6.07) is -0.423. The minimum absolute atomic E-state index is 0.342. The molecule has 1 unspecified atom stereocenters. The van der Waals surface area contributed by atoms with Crippen LogP contribution in [0.4, 0.5) is 0 Å². The lowest BCUT2D eigenvalue weighted by molar-refractivity contribution is -0.138. The van der Waals surface area contributed by atoms with E-state index in [4.69, 9.17) is 5.11 Å². The molecule has 1 rings (SSSR count). The third kappa shape index (κ3) is 2.76. The highest BCUT2D eigenvalue weighted by Crippen LogP contribution is 2.42. The molecule has 0 aromatic carbocycles. The molecule has 0 radical (unpaired) electrons. The van der Waals surface area contributed by atoms with Crippen LogP contribution in [0.1, 0.15) is 6.92 Å². The number of carboxylic acid groups (broad SMARTS) is 1. The molecule has 1 aliphatic heterocycles. The molecule has 0 spiro atoms. The predicted molar refractivity (Wildman–Crippen MR) is 50.8 cm³/mol. The summed E-state index contributed by atoms with van der Waals surface area (Å²) < 4.78 is 3.04. The van der Waals surface area contributed by atoms with Crippen molar-refractivity contribution in [2.75, 3.05) is 5.75 Å². The zero-order valence-electron chi connectivity index (χ0n) is 6.15. The molecule has 1 heterocycles. The van der Waals surface area contributed by atoms with Crippen LogP contribution in [0.5, 0.6) is 0 Å². The average molecular weight is 193 g/mol. The molecular formula is C6H11NO2S2. The van der Waals surface area contributed by atoms with Gasteiger partial charge in [-0.25, -0.2) is 0 Å². The van der Waals surface area contributed by atoms with Crippen LogP contribution in [0.3, 0.4) is 0 Å². The highest BCUT2D eigenvalue weighted by atomic mass is 33.1. The smallest absolute Gasteiger partial charge is 0.321 e. The molecule has 3 nitrogen and oxygen atoms in total. The summed E-state index contributed by atoms with van der Waals surface area (Å²) in [5.74, 6) is 0.206. The van der Waals surface area contributed by atoms with Gasteiger partial charge in [-0.05, 0) is 12.3 Å². The van der Waals surface area contributed by atoms with Crippen molar-refractivity contribution in [1.29, 1.82) is 0 Å². The highest BCUT2D eigenvalue weighted by Gasteiger charge is 2.14. The van der Waals surface area contributed by atoms with Gasteiger partial charge in [0, 0.05) is 5.75 Å². The normalized spacial score (nSPS) is 28.6. The van der Waals surface area contributed by atoms with E-state index in [9.17, 15) is 4.79 Å². The van der Waals surface area contributed by atoms with Crippen molar-refractivity contribution < 1.29 is 9.90 Å². The van der Waals surface area contributed by atoms with Crippen molar-refractivity contribution in [3.63, 3.8) is 0 Å². The van der Waals surface area contributed by atoms with Crippen LogP contribution in [0.15, 0.2) is 11.5 Å². The molecule has 5 heteroatoms. The molecule has 0 fully saturated rings. The second-order valence-corrected chi connectivity index (χ2v) is 6.05. The first kappa shape index (κ1) is 8.96. The number of hydrogen-bond acceptors (Lipinski definition) is 3. The van der Waals surface area contributed by atoms with Gasteiger partial charge in [0.2, 0.25) is 0 Å². The van der Waals surface area contributed by atoms with Gasteiger partial charge >= 0.3 is 5.97 Å². The summed E-state index contributed by atoms with van der Waals surface area (Å²) in [5.41, 5.74) is 0. The van der Waals surface area contributed by atoms with E-state index in [1.54, 1.807) is 17.7 Å². The van der Waals surface area contributed by atoms with E-state index >= 15 is 0 Å². The summed E-state index contributed by atoms with van der Waals surface area (Å²) in [7, 11) is 1.36. The number of hydrogen-bond donors (Lipinski definition) is 3. The van der Waals surface area contributed by atoms with Crippen LogP contribution in [0.2, 0.25) is 0 Å². The van der Waals surface area contributed by atoms with Crippen molar-refractivity contribution in [3.8, 4) is 0 Å². The van der Waals surface area contributed by atoms with Crippen LogP contribution in [-0.2, 0) is 4.79 Å². The largest absolute Gasteiger partial charge is 0.480 e. The molecular weight excluding hydrogens is 182 g/mol. The molecule has 0 amide bonds. The van der Waals surface area contributed by atoms with Crippen molar-refractivity contribution in [3.05, 3.63) is 11.5 Å². The summed E-state index contributed by atoms with van der Waals surface area (Å²) in [6.07, 6.45) is 2.07. The lowest BCUT2D eigenvalue weighted by atomic mass is 10.4. The Labute approximate surface area is 72.1 Å². The number of carbonyl (C=O) groups is 1. The van der Waals surface area contributed by atoms with Gasteiger partial charge in [-0.1, -0.05) is 16.9 Å². The first-order valence-corrected chi connectivity index (χ1v) is 6.29. The standard InChI is InChI=1S/C6H11NO2S2/c1-5(6(8)9)7-11-4-2-3-10-11/h2-3,5,7,11H,4H2,1H3,(H,8,9)/t5-/m0/s1. The van der Waals surface area contributed by atoms with Crippen LogP contribution >= 0.6 is 20.9 Å². The zero-order chi connectivity index (χ0) is 8.27. The van der Waals surface area contributed by atoms with Crippen LogP contribution < -0.4 is 4.72 Å². The van der Waals surface area contributed by atoms with Crippen molar-refractivity contribution >= 4 is 26.9 Å². The van der Waals surface area contributed by atoms with Gasteiger partial charge in [-0.2, -0.15) is 0 Å². The first-order chi connectivity index (χ1) is 5.20. The summed E-state index contributed by atoms with van der Waals surface area (Å²) in [4.78, 5) is 10.4. The van der Waals surface area contributed by atoms with Crippen molar-refractivity contribution in [1.82, 2.24) is 4.72 Å². The van der Waals surface area contributed by atoms with Crippen LogP contribution in [0.25, 0.3) is 0 Å².